The summed E-state index contributed by atoms with van der Waals surface area (Å²) in [6.07, 6.45) is 4.85. The zero-order valence-electron chi connectivity index (χ0n) is 10.9. The molecule has 0 amide bonds. The summed E-state index contributed by atoms with van der Waals surface area (Å²) >= 11 is 0. The van der Waals surface area contributed by atoms with Crippen LogP contribution in [-0.2, 0) is 0 Å². The molecule has 1 fully saturated rings. The van der Waals surface area contributed by atoms with Crippen LogP contribution in [0, 0.1) is 12.8 Å². The molecular weight excluding hydrogens is 226 g/mol. The lowest BCUT2D eigenvalue weighted by Gasteiger charge is -2.19. The van der Waals surface area contributed by atoms with Crippen LogP contribution in [0.15, 0.2) is 18.5 Å². The summed E-state index contributed by atoms with van der Waals surface area (Å²) in [6, 6.07) is 2.34. The van der Waals surface area contributed by atoms with E-state index in [-0.39, 0.29) is 6.04 Å². The van der Waals surface area contributed by atoms with Gasteiger partial charge in [-0.2, -0.15) is 5.10 Å². The van der Waals surface area contributed by atoms with Gasteiger partial charge < -0.3 is 10.6 Å². The van der Waals surface area contributed by atoms with E-state index in [1.807, 2.05) is 23.8 Å². The van der Waals surface area contributed by atoms with E-state index in [1.54, 1.807) is 0 Å². The first-order valence-corrected chi connectivity index (χ1v) is 6.46. The Morgan fingerprint density at radius 1 is 1.50 bits per heavy atom. The average molecular weight is 245 g/mol. The summed E-state index contributed by atoms with van der Waals surface area (Å²) in [5, 5.41) is 4.42. The van der Waals surface area contributed by atoms with Gasteiger partial charge in [-0.05, 0) is 32.3 Å². The Hall–Kier alpha value is -1.62. The molecule has 0 saturated carbocycles. The Kier molecular flexibility index (Phi) is 2.70. The third kappa shape index (κ3) is 1.84. The SMILES string of the molecule is Cc1cc2c(N3CCC(C(C)N)C3)nccn2n1. The summed E-state index contributed by atoms with van der Waals surface area (Å²) in [7, 11) is 0. The summed E-state index contributed by atoms with van der Waals surface area (Å²) in [5.41, 5.74) is 8.09. The van der Waals surface area contributed by atoms with Gasteiger partial charge in [0.25, 0.3) is 0 Å². The fraction of sp³-hybridized carbons (Fsp3) is 0.538. The number of nitrogens with two attached hydrogens (primary N) is 1. The molecule has 0 aliphatic carbocycles. The highest BCUT2D eigenvalue weighted by atomic mass is 15.3. The second kappa shape index (κ2) is 4.24. The fourth-order valence-electron chi connectivity index (χ4n) is 2.68. The van der Waals surface area contributed by atoms with Crippen LogP contribution in [0.1, 0.15) is 19.0 Å². The van der Waals surface area contributed by atoms with E-state index in [0.29, 0.717) is 5.92 Å². The number of hydrogen-bond acceptors (Lipinski definition) is 4. The normalized spacial score (nSPS) is 21.7. The number of aryl methyl sites for hydroxylation is 1. The molecule has 2 aromatic heterocycles. The highest BCUT2D eigenvalue weighted by Crippen LogP contribution is 2.27. The van der Waals surface area contributed by atoms with Crippen LogP contribution in [-0.4, -0.2) is 33.7 Å². The topological polar surface area (TPSA) is 59.5 Å². The minimum absolute atomic E-state index is 0.251. The van der Waals surface area contributed by atoms with Crippen molar-refractivity contribution in [2.45, 2.75) is 26.3 Å². The van der Waals surface area contributed by atoms with Gasteiger partial charge in [-0.15, -0.1) is 0 Å². The lowest BCUT2D eigenvalue weighted by Crippen LogP contribution is -2.30. The van der Waals surface area contributed by atoms with Gasteiger partial charge in [0, 0.05) is 31.5 Å². The monoisotopic (exact) mass is 245 g/mol. The molecule has 0 spiro atoms. The van der Waals surface area contributed by atoms with Gasteiger partial charge in [-0.25, -0.2) is 9.50 Å². The van der Waals surface area contributed by atoms with E-state index >= 15 is 0 Å². The first-order valence-electron chi connectivity index (χ1n) is 6.46. The maximum Gasteiger partial charge on any atom is 0.154 e. The van der Waals surface area contributed by atoms with Crippen LogP contribution < -0.4 is 10.6 Å². The molecule has 1 saturated heterocycles. The van der Waals surface area contributed by atoms with Gasteiger partial charge in [-0.3, -0.25) is 0 Å². The van der Waals surface area contributed by atoms with Gasteiger partial charge in [0.1, 0.15) is 5.52 Å². The van der Waals surface area contributed by atoms with Crippen molar-refractivity contribution in [2.24, 2.45) is 11.7 Å². The predicted molar refractivity (Wildman–Crippen MR) is 71.7 cm³/mol. The van der Waals surface area contributed by atoms with Crippen LogP contribution in [0.25, 0.3) is 5.52 Å². The highest BCUT2D eigenvalue weighted by molar-refractivity contribution is 5.69. The highest BCUT2D eigenvalue weighted by Gasteiger charge is 2.27. The zero-order valence-corrected chi connectivity index (χ0v) is 10.9. The van der Waals surface area contributed by atoms with Crippen molar-refractivity contribution >= 4 is 11.3 Å². The average Bonchev–Trinajstić information content (AvgIpc) is 2.92. The first kappa shape index (κ1) is 11.5. The molecule has 5 nitrogen and oxygen atoms in total. The molecule has 2 unspecified atom stereocenters. The van der Waals surface area contributed by atoms with Gasteiger partial charge in [-0.1, -0.05) is 0 Å². The molecular formula is C13H19N5. The number of nitrogens with zero attached hydrogens (tertiary/aromatic N) is 4. The minimum atomic E-state index is 0.251. The number of anilines is 1. The Bertz CT molecular complexity index is 560. The van der Waals surface area contributed by atoms with E-state index in [1.165, 1.54) is 0 Å². The zero-order chi connectivity index (χ0) is 12.7. The molecule has 1 aliphatic rings. The van der Waals surface area contributed by atoms with Gasteiger partial charge in [0.2, 0.25) is 0 Å². The number of aromatic nitrogens is 3. The van der Waals surface area contributed by atoms with E-state index < -0.39 is 0 Å². The van der Waals surface area contributed by atoms with Gasteiger partial charge in [0.15, 0.2) is 5.82 Å². The second-order valence-electron chi connectivity index (χ2n) is 5.22. The molecule has 3 rings (SSSR count). The molecule has 0 bridgehead atoms. The van der Waals surface area contributed by atoms with Crippen molar-refractivity contribution < 1.29 is 0 Å². The summed E-state index contributed by atoms with van der Waals surface area (Å²) in [5.74, 6) is 1.59. The van der Waals surface area contributed by atoms with Crippen molar-refractivity contribution in [1.82, 2.24) is 14.6 Å². The van der Waals surface area contributed by atoms with Crippen LogP contribution in [0.4, 0.5) is 5.82 Å². The first-order chi connectivity index (χ1) is 8.65. The largest absolute Gasteiger partial charge is 0.354 e. The molecule has 18 heavy (non-hydrogen) atoms. The molecule has 0 radical (unpaired) electrons. The van der Waals surface area contributed by atoms with E-state index in [0.717, 1.165) is 36.5 Å². The van der Waals surface area contributed by atoms with E-state index in [4.69, 9.17) is 5.73 Å². The summed E-state index contributed by atoms with van der Waals surface area (Å²) in [6.45, 7) is 6.12. The summed E-state index contributed by atoms with van der Waals surface area (Å²) < 4.78 is 1.90. The maximum atomic E-state index is 5.99. The molecule has 2 atom stereocenters. The van der Waals surface area contributed by atoms with Gasteiger partial charge in [0.05, 0.1) is 5.69 Å². The number of rotatable bonds is 2. The molecule has 5 heteroatoms. The van der Waals surface area contributed by atoms with Crippen molar-refractivity contribution in [1.29, 1.82) is 0 Å². The number of fused-ring (bicyclic) bond motifs is 1. The van der Waals surface area contributed by atoms with E-state index in [2.05, 4.69) is 28.0 Å². The Morgan fingerprint density at radius 3 is 3.06 bits per heavy atom. The van der Waals surface area contributed by atoms with Gasteiger partial charge >= 0.3 is 0 Å². The maximum absolute atomic E-state index is 5.99. The molecule has 3 heterocycles. The Morgan fingerprint density at radius 2 is 2.33 bits per heavy atom. The number of hydrogen-bond donors (Lipinski definition) is 1. The molecule has 0 aromatic carbocycles. The lowest BCUT2D eigenvalue weighted by molar-refractivity contribution is 0.488. The molecule has 1 aliphatic heterocycles. The van der Waals surface area contributed by atoms with Crippen molar-refractivity contribution in [3.05, 3.63) is 24.2 Å². The Balaban J connectivity index is 1.95. The van der Waals surface area contributed by atoms with E-state index in [9.17, 15) is 0 Å². The molecule has 2 aromatic rings. The standard InChI is InChI=1S/C13H19N5/c1-9-7-12-13(15-4-6-18(12)16-9)17-5-3-11(8-17)10(2)14/h4,6-7,10-11H,3,5,8,14H2,1-2H3. The van der Waals surface area contributed by atoms with Crippen LogP contribution in [0.3, 0.4) is 0 Å². The third-order valence-electron chi connectivity index (χ3n) is 3.76. The second-order valence-corrected chi connectivity index (χ2v) is 5.22. The van der Waals surface area contributed by atoms with Crippen molar-refractivity contribution in [3.8, 4) is 0 Å². The van der Waals surface area contributed by atoms with Crippen LogP contribution in [0.5, 0.6) is 0 Å². The molecule has 96 valence electrons. The summed E-state index contributed by atoms with van der Waals surface area (Å²) in [4.78, 5) is 6.84. The fourth-order valence-corrected chi connectivity index (χ4v) is 2.68. The quantitative estimate of drug-likeness (QED) is 0.864. The Labute approximate surface area is 107 Å². The predicted octanol–water partition coefficient (Wildman–Crippen LogP) is 1.21. The van der Waals surface area contributed by atoms with Crippen molar-refractivity contribution in [2.75, 3.05) is 18.0 Å². The van der Waals surface area contributed by atoms with Crippen LogP contribution in [0.2, 0.25) is 0 Å². The van der Waals surface area contributed by atoms with Crippen LogP contribution >= 0.6 is 0 Å². The van der Waals surface area contributed by atoms with Crippen molar-refractivity contribution in [3.63, 3.8) is 0 Å². The molecule has 2 N–H and O–H groups in total. The minimum Gasteiger partial charge on any atom is -0.354 e. The lowest BCUT2D eigenvalue weighted by atomic mass is 10.0. The third-order valence-corrected chi connectivity index (χ3v) is 3.76. The smallest absolute Gasteiger partial charge is 0.154 e.